The molecule has 1 amide bonds. The molecule has 0 bridgehead atoms. The molecule has 0 aliphatic carbocycles. The molecule has 0 unspecified atom stereocenters. The first-order valence-corrected chi connectivity index (χ1v) is 12.8. The van der Waals surface area contributed by atoms with Crippen LogP contribution in [-0.2, 0) is 24.2 Å². The van der Waals surface area contributed by atoms with E-state index in [4.69, 9.17) is 23.2 Å². The van der Waals surface area contributed by atoms with E-state index in [-0.39, 0.29) is 21.4 Å². The number of halogens is 8. The molecule has 3 aromatic carbocycles. The van der Waals surface area contributed by atoms with Crippen molar-refractivity contribution >= 4 is 74.5 Å². The van der Waals surface area contributed by atoms with Gasteiger partial charge in [0.2, 0.25) is 0 Å². The molecule has 4 aromatic rings. The van der Waals surface area contributed by atoms with E-state index in [0.717, 1.165) is 34.3 Å². The number of benzene rings is 3. The molecule has 1 aromatic heterocycles. The topological polar surface area (TPSA) is 50.5 Å². The van der Waals surface area contributed by atoms with Crippen molar-refractivity contribution in [3.63, 3.8) is 0 Å². The molecule has 5 rings (SSSR count). The summed E-state index contributed by atoms with van der Waals surface area (Å²) in [4.78, 5) is 23.2. The number of amidine groups is 1. The van der Waals surface area contributed by atoms with E-state index >= 15 is 0 Å². The summed E-state index contributed by atoms with van der Waals surface area (Å²) in [6.07, 6.45) is -8.18. The van der Waals surface area contributed by atoms with E-state index < -0.39 is 39.4 Å². The number of imidazole rings is 1. The monoisotopic (exact) mass is 614 g/mol. The van der Waals surface area contributed by atoms with Crippen LogP contribution in [0.4, 0.5) is 37.7 Å². The third-order valence-electron chi connectivity index (χ3n) is 5.88. The Balaban J connectivity index is 1.66. The first-order chi connectivity index (χ1) is 18.7. The maximum atomic E-state index is 13.6. The second-order valence-corrected chi connectivity index (χ2v) is 10.3. The van der Waals surface area contributed by atoms with E-state index in [9.17, 15) is 31.1 Å². The zero-order valence-electron chi connectivity index (χ0n) is 20.0. The minimum Gasteiger partial charge on any atom is -0.328 e. The minimum atomic E-state index is -4.83. The average molecular weight is 615 g/mol. The van der Waals surface area contributed by atoms with E-state index in [1.54, 1.807) is 23.7 Å². The second kappa shape index (κ2) is 10.2. The first-order valence-electron chi connectivity index (χ1n) is 11.2. The lowest BCUT2D eigenvalue weighted by atomic mass is 10.1. The van der Waals surface area contributed by atoms with Crippen molar-refractivity contribution in [3.8, 4) is 0 Å². The molecule has 0 N–H and O–H groups in total. The molecule has 1 aliphatic heterocycles. The van der Waals surface area contributed by atoms with Crippen molar-refractivity contribution in [2.45, 2.75) is 12.4 Å². The normalized spacial score (nSPS) is 16.6. The standard InChI is InChI=1S/C26H14Cl2F6N4OS/c1-37-20-5-3-2-4-19(20)36-22(37)12-21-23(39)38(14-7-9-18(28)16(11-14)26(32,33)34)24(40-21)35-13-6-8-17(27)15(10-13)25(29,30)31/h2-12H,1H3/b21-12+,35-24?. The van der Waals surface area contributed by atoms with Gasteiger partial charge in [0.1, 0.15) is 5.82 Å². The van der Waals surface area contributed by atoms with Crippen molar-refractivity contribution in [1.82, 2.24) is 9.55 Å². The van der Waals surface area contributed by atoms with Crippen molar-refractivity contribution in [2.24, 2.45) is 12.0 Å². The Morgan fingerprint density at radius 2 is 1.52 bits per heavy atom. The zero-order valence-corrected chi connectivity index (χ0v) is 22.3. The summed E-state index contributed by atoms with van der Waals surface area (Å²) < 4.78 is 82.8. The molecule has 206 valence electrons. The van der Waals surface area contributed by atoms with Gasteiger partial charge in [-0.15, -0.1) is 0 Å². The van der Waals surface area contributed by atoms with Crippen LogP contribution in [0.3, 0.4) is 0 Å². The molecule has 14 heteroatoms. The van der Waals surface area contributed by atoms with E-state index in [2.05, 4.69) is 9.98 Å². The Bertz CT molecular complexity index is 1730. The average Bonchev–Trinajstić information content (AvgIpc) is 3.35. The van der Waals surface area contributed by atoms with Gasteiger partial charge in [-0.05, 0) is 60.3 Å². The van der Waals surface area contributed by atoms with Crippen LogP contribution >= 0.6 is 35.0 Å². The van der Waals surface area contributed by atoms with Gasteiger partial charge in [-0.1, -0.05) is 35.3 Å². The van der Waals surface area contributed by atoms with Gasteiger partial charge >= 0.3 is 12.4 Å². The number of carbonyl (C=O) groups is 1. The molecule has 5 nitrogen and oxygen atoms in total. The summed E-state index contributed by atoms with van der Waals surface area (Å²) >= 11 is 12.2. The number of thioether (sulfide) groups is 1. The summed E-state index contributed by atoms with van der Waals surface area (Å²) in [5.41, 5.74) is -1.38. The van der Waals surface area contributed by atoms with Crippen LogP contribution in [-0.4, -0.2) is 20.6 Å². The number of aliphatic imine (C=N–C) groups is 1. The molecule has 40 heavy (non-hydrogen) atoms. The van der Waals surface area contributed by atoms with Crippen LogP contribution < -0.4 is 4.90 Å². The lowest BCUT2D eigenvalue weighted by molar-refractivity contribution is -0.138. The van der Waals surface area contributed by atoms with Gasteiger partial charge in [-0.25, -0.2) is 9.98 Å². The molecule has 0 atom stereocenters. The number of para-hydroxylation sites is 2. The zero-order chi connectivity index (χ0) is 29.0. The van der Waals surface area contributed by atoms with Crippen molar-refractivity contribution in [2.75, 3.05) is 4.90 Å². The number of amides is 1. The quantitative estimate of drug-likeness (QED) is 0.171. The Labute approximate surface area is 236 Å². The fourth-order valence-corrected chi connectivity index (χ4v) is 5.39. The van der Waals surface area contributed by atoms with E-state index in [1.165, 1.54) is 18.2 Å². The molecular formula is C26H14Cl2F6N4OS. The van der Waals surface area contributed by atoms with E-state index in [0.29, 0.717) is 23.5 Å². The highest BCUT2D eigenvalue weighted by Gasteiger charge is 2.39. The lowest BCUT2D eigenvalue weighted by Gasteiger charge is -2.18. The number of aromatic nitrogens is 2. The predicted molar refractivity (Wildman–Crippen MR) is 144 cm³/mol. The predicted octanol–water partition coefficient (Wildman–Crippen LogP) is 8.73. The molecule has 0 spiro atoms. The Morgan fingerprint density at radius 1 is 0.900 bits per heavy atom. The first kappa shape index (κ1) is 28.1. The highest BCUT2D eigenvalue weighted by atomic mass is 35.5. The van der Waals surface area contributed by atoms with Gasteiger partial charge in [0.25, 0.3) is 5.91 Å². The van der Waals surface area contributed by atoms with Gasteiger partial charge in [-0.3, -0.25) is 9.69 Å². The molecule has 2 heterocycles. The van der Waals surface area contributed by atoms with Gasteiger partial charge < -0.3 is 4.57 Å². The fourth-order valence-electron chi connectivity index (χ4n) is 3.97. The largest absolute Gasteiger partial charge is 0.417 e. The Hall–Kier alpha value is -3.48. The van der Waals surface area contributed by atoms with Gasteiger partial charge in [0, 0.05) is 13.1 Å². The van der Waals surface area contributed by atoms with E-state index in [1.807, 2.05) is 12.1 Å². The number of nitrogens with zero attached hydrogens (tertiary/aromatic N) is 4. The molecule has 1 saturated heterocycles. The van der Waals surface area contributed by atoms with Crippen LogP contribution in [0.25, 0.3) is 17.1 Å². The number of hydrogen-bond donors (Lipinski definition) is 0. The third-order valence-corrected chi connectivity index (χ3v) is 7.51. The van der Waals surface area contributed by atoms with Crippen LogP contribution in [0.5, 0.6) is 0 Å². The van der Waals surface area contributed by atoms with Crippen molar-refractivity contribution in [3.05, 3.63) is 92.6 Å². The number of fused-ring (bicyclic) bond motifs is 1. The number of rotatable bonds is 3. The minimum absolute atomic E-state index is 0.0330. The smallest absolute Gasteiger partial charge is 0.328 e. The van der Waals surface area contributed by atoms with Crippen LogP contribution in [0.2, 0.25) is 10.0 Å². The second-order valence-electron chi connectivity index (χ2n) is 8.49. The SMILES string of the molecule is Cn1c(/C=C2/SC(=Nc3ccc(Cl)c(C(F)(F)F)c3)N(c3ccc(Cl)c(C(F)(F)F)c3)C2=O)nc2ccccc21. The van der Waals surface area contributed by atoms with Crippen molar-refractivity contribution < 1.29 is 31.1 Å². The summed E-state index contributed by atoms with van der Waals surface area (Å²) in [5, 5.41) is -1.32. The summed E-state index contributed by atoms with van der Waals surface area (Å²) in [5.74, 6) is -0.382. The van der Waals surface area contributed by atoms with Crippen LogP contribution in [0.1, 0.15) is 17.0 Å². The summed E-state index contributed by atoms with van der Waals surface area (Å²) in [6.45, 7) is 0. The number of carbonyl (C=O) groups excluding carboxylic acids is 1. The number of hydrogen-bond acceptors (Lipinski definition) is 4. The Kier molecular flexibility index (Phi) is 7.13. The van der Waals surface area contributed by atoms with Crippen LogP contribution in [0, 0.1) is 0 Å². The van der Waals surface area contributed by atoms with Gasteiger partial charge in [-0.2, -0.15) is 26.3 Å². The maximum Gasteiger partial charge on any atom is 0.417 e. The molecular weight excluding hydrogens is 601 g/mol. The summed E-state index contributed by atoms with van der Waals surface area (Å²) in [7, 11) is 1.72. The molecule has 1 fully saturated rings. The summed E-state index contributed by atoms with van der Waals surface area (Å²) in [6, 6.07) is 12.9. The molecule has 0 saturated carbocycles. The van der Waals surface area contributed by atoms with Gasteiger partial charge in [0.05, 0.1) is 48.5 Å². The fraction of sp³-hybridized carbons (Fsp3) is 0.115. The number of anilines is 1. The molecule has 1 aliphatic rings. The third kappa shape index (κ3) is 5.30. The maximum absolute atomic E-state index is 13.6. The van der Waals surface area contributed by atoms with Crippen molar-refractivity contribution in [1.29, 1.82) is 0 Å². The number of aryl methyl sites for hydroxylation is 1. The molecule has 0 radical (unpaired) electrons. The highest BCUT2D eigenvalue weighted by Crippen LogP contribution is 2.42. The lowest BCUT2D eigenvalue weighted by Crippen LogP contribution is -2.29. The van der Waals surface area contributed by atoms with Gasteiger partial charge in [0.15, 0.2) is 5.17 Å². The van der Waals surface area contributed by atoms with Crippen LogP contribution in [0.15, 0.2) is 70.6 Å². The number of alkyl halides is 6. The highest BCUT2D eigenvalue weighted by molar-refractivity contribution is 8.19. The Morgan fingerprint density at radius 3 is 2.17 bits per heavy atom.